The molecule has 0 radical (unpaired) electrons. The fourth-order valence-corrected chi connectivity index (χ4v) is 2.89. The highest BCUT2D eigenvalue weighted by Gasteiger charge is 2.21. The lowest BCUT2D eigenvalue weighted by atomic mass is 9.87. The van der Waals surface area contributed by atoms with Gasteiger partial charge in [0.05, 0.1) is 11.6 Å². The number of benzene rings is 2. The highest BCUT2D eigenvalue weighted by Crippen LogP contribution is 2.33. The average molecular weight is 267 g/mol. The molecule has 0 amide bonds. The Morgan fingerprint density at radius 1 is 1.10 bits per heavy atom. The van der Waals surface area contributed by atoms with Gasteiger partial charge in [0, 0.05) is 5.69 Å². The minimum absolute atomic E-state index is 0.195. The smallest absolute Gasteiger partial charge is 0.337 e. The van der Waals surface area contributed by atoms with Crippen molar-refractivity contribution in [3.8, 4) is 0 Å². The number of hydrogen-bond acceptors (Lipinski definition) is 2. The molecule has 3 heteroatoms. The maximum absolute atomic E-state index is 11.3. The van der Waals surface area contributed by atoms with Crippen molar-refractivity contribution in [2.45, 2.75) is 25.3 Å². The molecule has 2 aromatic carbocycles. The second-order valence-electron chi connectivity index (χ2n) is 5.14. The zero-order valence-corrected chi connectivity index (χ0v) is 11.2. The van der Waals surface area contributed by atoms with E-state index in [4.69, 9.17) is 0 Å². The predicted molar refractivity (Wildman–Crippen MR) is 79.1 cm³/mol. The molecule has 0 aliphatic heterocycles. The van der Waals surface area contributed by atoms with Crippen molar-refractivity contribution in [1.29, 1.82) is 0 Å². The Labute approximate surface area is 118 Å². The normalized spacial score (nSPS) is 17.3. The third-order valence-electron chi connectivity index (χ3n) is 3.86. The summed E-state index contributed by atoms with van der Waals surface area (Å²) in [5.74, 6) is -0.891. The Morgan fingerprint density at radius 3 is 2.70 bits per heavy atom. The van der Waals surface area contributed by atoms with Crippen LogP contribution in [-0.2, 0) is 6.42 Å². The topological polar surface area (TPSA) is 49.3 Å². The summed E-state index contributed by atoms with van der Waals surface area (Å²) in [6, 6.07) is 15.7. The van der Waals surface area contributed by atoms with Crippen LogP contribution in [0.25, 0.3) is 0 Å². The van der Waals surface area contributed by atoms with E-state index in [2.05, 4.69) is 23.5 Å². The van der Waals surface area contributed by atoms with Crippen LogP contribution >= 0.6 is 0 Å². The molecule has 0 saturated heterocycles. The van der Waals surface area contributed by atoms with Crippen LogP contribution < -0.4 is 5.32 Å². The summed E-state index contributed by atoms with van der Waals surface area (Å²) in [7, 11) is 0. The van der Waals surface area contributed by atoms with Crippen LogP contribution in [0.4, 0.5) is 5.69 Å². The Morgan fingerprint density at radius 2 is 1.85 bits per heavy atom. The lowest BCUT2D eigenvalue weighted by Gasteiger charge is -2.27. The van der Waals surface area contributed by atoms with Gasteiger partial charge in [-0.1, -0.05) is 36.4 Å². The van der Waals surface area contributed by atoms with Gasteiger partial charge in [0.2, 0.25) is 0 Å². The number of anilines is 1. The number of carboxylic acid groups (broad SMARTS) is 1. The summed E-state index contributed by atoms with van der Waals surface area (Å²) in [4.78, 5) is 11.3. The first-order valence-corrected chi connectivity index (χ1v) is 6.92. The molecule has 3 nitrogen and oxygen atoms in total. The van der Waals surface area contributed by atoms with E-state index in [0.717, 1.165) is 19.3 Å². The van der Waals surface area contributed by atoms with Crippen molar-refractivity contribution in [3.05, 3.63) is 65.2 Å². The number of nitrogens with one attached hydrogen (secondary N) is 1. The molecule has 1 unspecified atom stereocenters. The Kier molecular flexibility index (Phi) is 3.42. The van der Waals surface area contributed by atoms with E-state index in [1.54, 1.807) is 12.1 Å². The standard InChI is InChI=1S/C17H17NO2/c19-17(20)14-9-3-4-10-16(14)18-15-11-5-7-12-6-1-2-8-13(12)15/h1-4,6,8-10,15,18H,5,7,11H2,(H,19,20). The van der Waals surface area contributed by atoms with Crippen LogP contribution in [0.15, 0.2) is 48.5 Å². The maximum Gasteiger partial charge on any atom is 0.337 e. The largest absolute Gasteiger partial charge is 0.478 e. The molecule has 0 spiro atoms. The van der Waals surface area contributed by atoms with Gasteiger partial charge >= 0.3 is 5.97 Å². The molecule has 0 heterocycles. The van der Waals surface area contributed by atoms with Gasteiger partial charge in [-0.05, 0) is 42.5 Å². The van der Waals surface area contributed by atoms with Gasteiger partial charge in [-0.25, -0.2) is 4.79 Å². The van der Waals surface area contributed by atoms with Crippen LogP contribution in [0.1, 0.15) is 40.4 Å². The van der Waals surface area contributed by atoms with Gasteiger partial charge in [0.1, 0.15) is 0 Å². The van der Waals surface area contributed by atoms with Crippen LogP contribution in [0, 0.1) is 0 Å². The lowest BCUT2D eigenvalue weighted by molar-refractivity contribution is 0.0698. The molecular weight excluding hydrogens is 250 g/mol. The third-order valence-corrected chi connectivity index (χ3v) is 3.86. The third kappa shape index (κ3) is 2.39. The minimum Gasteiger partial charge on any atom is -0.478 e. The van der Waals surface area contributed by atoms with Crippen molar-refractivity contribution in [2.24, 2.45) is 0 Å². The second-order valence-corrected chi connectivity index (χ2v) is 5.14. The average Bonchev–Trinajstić information content (AvgIpc) is 2.48. The number of aryl methyl sites for hydroxylation is 1. The number of hydrogen-bond donors (Lipinski definition) is 2. The van der Waals surface area contributed by atoms with Crippen molar-refractivity contribution < 1.29 is 9.90 Å². The number of carbonyl (C=O) groups is 1. The Bertz CT molecular complexity index is 636. The fourth-order valence-electron chi connectivity index (χ4n) is 2.89. The van der Waals surface area contributed by atoms with Crippen LogP contribution in [0.5, 0.6) is 0 Å². The van der Waals surface area contributed by atoms with E-state index >= 15 is 0 Å². The van der Waals surface area contributed by atoms with E-state index in [9.17, 15) is 9.90 Å². The van der Waals surface area contributed by atoms with E-state index in [0.29, 0.717) is 11.3 Å². The summed E-state index contributed by atoms with van der Waals surface area (Å²) < 4.78 is 0. The molecule has 0 aromatic heterocycles. The fraction of sp³-hybridized carbons (Fsp3) is 0.235. The lowest BCUT2D eigenvalue weighted by Crippen LogP contribution is -2.18. The predicted octanol–water partition coefficient (Wildman–Crippen LogP) is 3.87. The first kappa shape index (κ1) is 12.7. The van der Waals surface area contributed by atoms with Crippen molar-refractivity contribution >= 4 is 11.7 Å². The molecule has 0 fully saturated rings. The Balaban J connectivity index is 1.92. The van der Waals surface area contributed by atoms with Crippen molar-refractivity contribution in [3.63, 3.8) is 0 Å². The highest BCUT2D eigenvalue weighted by atomic mass is 16.4. The first-order valence-electron chi connectivity index (χ1n) is 6.92. The molecule has 1 atom stereocenters. The van der Waals surface area contributed by atoms with Crippen molar-refractivity contribution in [1.82, 2.24) is 0 Å². The summed E-state index contributed by atoms with van der Waals surface area (Å²) in [5.41, 5.74) is 3.68. The van der Waals surface area contributed by atoms with E-state index in [-0.39, 0.29) is 6.04 Å². The maximum atomic E-state index is 11.3. The zero-order valence-electron chi connectivity index (χ0n) is 11.2. The molecule has 2 N–H and O–H groups in total. The molecule has 2 aromatic rings. The van der Waals surface area contributed by atoms with Gasteiger partial charge < -0.3 is 10.4 Å². The molecule has 1 aliphatic carbocycles. The minimum atomic E-state index is -0.891. The molecular formula is C17H17NO2. The van der Waals surface area contributed by atoms with Crippen LogP contribution in [0.2, 0.25) is 0 Å². The number of rotatable bonds is 3. The van der Waals surface area contributed by atoms with Crippen molar-refractivity contribution in [2.75, 3.05) is 5.32 Å². The summed E-state index contributed by atoms with van der Waals surface area (Å²) in [6.07, 6.45) is 3.27. The number of para-hydroxylation sites is 1. The van der Waals surface area contributed by atoms with Gasteiger partial charge in [-0.15, -0.1) is 0 Å². The van der Waals surface area contributed by atoms with E-state index in [1.165, 1.54) is 11.1 Å². The SMILES string of the molecule is O=C(O)c1ccccc1NC1CCCc2ccccc21. The second kappa shape index (κ2) is 5.37. The van der Waals surface area contributed by atoms with Crippen LogP contribution in [0.3, 0.4) is 0 Å². The van der Waals surface area contributed by atoms with Gasteiger partial charge in [0.25, 0.3) is 0 Å². The summed E-state index contributed by atoms with van der Waals surface area (Å²) in [6.45, 7) is 0. The van der Waals surface area contributed by atoms with E-state index < -0.39 is 5.97 Å². The number of fused-ring (bicyclic) bond motifs is 1. The zero-order chi connectivity index (χ0) is 13.9. The quantitative estimate of drug-likeness (QED) is 0.887. The first-order chi connectivity index (χ1) is 9.75. The molecule has 0 saturated carbocycles. The summed E-state index contributed by atoms with van der Waals surface area (Å²) in [5, 5.41) is 12.7. The molecule has 1 aliphatic rings. The van der Waals surface area contributed by atoms with Gasteiger partial charge in [0.15, 0.2) is 0 Å². The van der Waals surface area contributed by atoms with E-state index in [1.807, 2.05) is 18.2 Å². The number of aromatic carboxylic acids is 1. The van der Waals surface area contributed by atoms with Gasteiger partial charge in [-0.2, -0.15) is 0 Å². The van der Waals surface area contributed by atoms with Crippen LogP contribution in [-0.4, -0.2) is 11.1 Å². The highest BCUT2D eigenvalue weighted by molar-refractivity contribution is 5.94. The molecule has 102 valence electrons. The number of carboxylic acids is 1. The molecule has 20 heavy (non-hydrogen) atoms. The molecule has 3 rings (SSSR count). The summed E-state index contributed by atoms with van der Waals surface area (Å²) >= 11 is 0. The monoisotopic (exact) mass is 267 g/mol. The Hall–Kier alpha value is -2.29. The molecule has 0 bridgehead atoms. The van der Waals surface area contributed by atoms with Gasteiger partial charge in [-0.3, -0.25) is 0 Å².